The average Bonchev–Trinajstić information content (AvgIpc) is 2.33. The Bertz CT molecular complexity index is 481. The third-order valence-electron chi connectivity index (χ3n) is 5.26. The summed E-state index contributed by atoms with van der Waals surface area (Å²) in [7, 11) is 0. The molecule has 1 aromatic heterocycles. The Morgan fingerprint density at radius 3 is 2.26 bits per heavy atom. The molecular formula is C14H19ClN4. The van der Waals surface area contributed by atoms with Crippen molar-refractivity contribution in [2.75, 3.05) is 11.1 Å². The van der Waals surface area contributed by atoms with E-state index in [2.05, 4.69) is 15.3 Å². The number of halogens is 1. The second kappa shape index (κ2) is 3.98. The zero-order valence-corrected chi connectivity index (χ0v) is 11.7. The van der Waals surface area contributed by atoms with E-state index < -0.39 is 0 Å². The Hall–Kier alpha value is -1.03. The van der Waals surface area contributed by atoms with Crippen LogP contribution in [0.4, 0.5) is 11.5 Å². The van der Waals surface area contributed by atoms with Crippen LogP contribution in [0.2, 0.25) is 5.15 Å². The molecule has 5 heteroatoms. The molecule has 1 heterocycles. The number of nitrogen functional groups attached to an aromatic ring is 1. The third kappa shape index (κ3) is 1.88. The van der Waals surface area contributed by atoms with E-state index in [9.17, 15) is 0 Å². The molecule has 102 valence electrons. The van der Waals surface area contributed by atoms with Crippen LogP contribution in [0, 0.1) is 17.8 Å². The van der Waals surface area contributed by atoms with Crippen LogP contribution in [0.3, 0.4) is 0 Å². The fourth-order valence-electron chi connectivity index (χ4n) is 4.99. The Morgan fingerprint density at radius 2 is 1.68 bits per heavy atom. The highest BCUT2D eigenvalue weighted by Gasteiger charge is 2.51. The number of anilines is 2. The van der Waals surface area contributed by atoms with Crippen LogP contribution in [0.5, 0.6) is 0 Å². The number of hydrogen-bond acceptors (Lipinski definition) is 4. The van der Waals surface area contributed by atoms with Gasteiger partial charge in [-0.25, -0.2) is 9.97 Å². The van der Waals surface area contributed by atoms with Gasteiger partial charge in [0.25, 0.3) is 0 Å². The first-order valence-corrected chi connectivity index (χ1v) is 7.55. The van der Waals surface area contributed by atoms with E-state index in [1.807, 2.05) is 0 Å². The molecule has 0 atom stereocenters. The molecule has 4 fully saturated rings. The van der Waals surface area contributed by atoms with E-state index in [1.165, 1.54) is 44.9 Å². The van der Waals surface area contributed by atoms with Gasteiger partial charge < -0.3 is 11.1 Å². The second-order valence-corrected chi connectivity index (χ2v) is 7.11. The Morgan fingerprint density at radius 1 is 1.11 bits per heavy atom. The van der Waals surface area contributed by atoms with Gasteiger partial charge in [-0.1, -0.05) is 11.6 Å². The van der Waals surface area contributed by atoms with Crippen LogP contribution in [0.1, 0.15) is 38.5 Å². The van der Waals surface area contributed by atoms with Crippen LogP contribution < -0.4 is 11.1 Å². The van der Waals surface area contributed by atoms with Gasteiger partial charge in [0.05, 0.1) is 0 Å². The van der Waals surface area contributed by atoms with Crippen molar-refractivity contribution in [3.8, 4) is 0 Å². The molecule has 4 bridgehead atoms. The highest BCUT2D eigenvalue weighted by Crippen LogP contribution is 2.56. The van der Waals surface area contributed by atoms with E-state index in [0.717, 1.165) is 23.6 Å². The fraction of sp³-hybridized carbons (Fsp3) is 0.714. The molecule has 3 N–H and O–H groups in total. The number of nitrogens with zero attached hydrogens (tertiary/aromatic N) is 2. The molecule has 0 saturated heterocycles. The van der Waals surface area contributed by atoms with Gasteiger partial charge in [-0.3, -0.25) is 0 Å². The molecule has 5 rings (SSSR count). The normalized spacial score (nSPS) is 39.5. The first-order chi connectivity index (χ1) is 9.13. The molecule has 0 radical (unpaired) electrons. The Kier molecular flexibility index (Phi) is 2.47. The summed E-state index contributed by atoms with van der Waals surface area (Å²) in [6.07, 6.45) is 9.57. The van der Waals surface area contributed by atoms with Crippen LogP contribution in [-0.4, -0.2) is 15.5 Å². The number of nitrogens with two attached hydrogens (primary N) is 1. The maximum absolute atomic E-state index is 5.99. The lowest BCUT2D eigenvalue weighted by atomic mass is 9.53. The van der Waals surface area contributed by atoms with Crippen LogP contribution in [0.15, 0.2) is 6.33 Å². The Labute approximate surface area is 118 Å². The van der Waals surface area contributed by atoms with Crippen molar-refractivity contribution in [3.05, 3.63) is 11.5 Å². The maximum atomic E-state index is 5.99. The van der Waals surface area contributed by atoms with Crippen LogP contribution in [0.25, 0.3) is 0 Å². The lowest BCUT2D eigenvalue weighted by Crippen LogP contribution is -2.55. The first kappa shape index (κ1) is 11.8. The molecule has 4 nitrogen and oxygen atoms in total. The summed E-state index contributed by atoms with van der Waals surface area (Å²) in [5.74, 6) is 3.42. The molecule has 0 unspecified atom stereocenters. The lowest BCUT2D eigenvalue weighted by molar-refractivity contribution is 0.0106. The van der Waals surface area contributed by atoms with Crippen LogP contribution >= 0.6 is 11.6 Å². The summed E-state index contributed by atoms with van der Waals surface area (Å²) in [6, 6.07) is 0. The predicted molar refractivity (Wildman–Crippen MR) is 76.0 cm³/mol. The molecule has 1 aromatic rings. The van der Waals surface area contributed by atoms with Gasteiger partial charge in [-0.05, 0) is 56.3 Å². The molecule has 0 aliphatic heterocycles. The van der Waals surface area contributed by atoms with Crippen LogP contribution in [-0.2, 0) is 0 Å². The van der Waals surface area contributed by atoms with Gasteiger partial charge in [0, 0.05) is 5.54 Å². The largest absolute Gasteiger partial charge is 0.393 e. The molecule has 4 aliphatic carbocycles. The minimum atomic E-state index is 0.209. The van der Waals surface area contributed by atoms with Crippen molar-refractivity contribution in [1.29, 1.82) is 0 Å². The lowest BCUT2D eigenvalue weighted by Gasteiger charge is -2.57. The van der Waals surface area contributed by atoms with Gasteiger partial charge in [0.2, 0.25) is 0 Å². The number of aromatic nitrogens is 2. The fourth-order valence-corrected chi connectivity index (χ4v) is 5.12. The number of rotatable bonds is 2. The molecular weight excluding hydrogens is 260 g/mol. The van der Waals surface area contributed by atoms with E-state index in [-0.39, 0.29) is 5.54 Å². The maximum Gasteiger partial charge on any atom is 0.157 e. The summed E-state index contributed by atoms with van der Waals surface area (Å²) in [5, 5.41) is 3.98. The summed E-state index contributed by atoms with van der Waals surface area (Å²) >= 11 is 5.98. The molecule has 0 amide bonds. The highest BCUT2D eigenvalue weighted by molar-refractivity contribution is 6.32. The first-order valence-electron chi connectivity index (χ1n) is 7.18. The summed E-state index contributed by atoms with van der Waals surface area (Å²) in [4.78, 5) is 8.21. The minimum absolute atomic E-state index is 0.209. The number of hydrogen-bond donors (Lipinski definition) is 2. The standard InChI is InChI=1S/C14H19ClN4/c15-12-11(16)13(18-7-17-12)19-14-4-8-1-9(5-14)3-10(2-8)6-14/h7-10H,1-6,16H2,(H,17,18,19). The van der Waals surface area contributed by atoms with Crippen molar-refractivity contribution < 1.29 is 0 Å². The molecule has 4 saturated carbocycles. The smallest absolute Gasteiger partial charge is 0.157 e. The minimum Gasteiger partial charge on any atom is -0.393 e. The van der Waals surface area contributed by atoms with E-state index >= 15 is 0 Å². The van der Waals surface area contributed by atoms with Crippen molar-refractivity contribution in [2.24, 2.45) is 17.8 Å². The SMILES string of the molecule is Nc1c(Cl)ncnc1NC12CC3CC(CC(C3)C1)C2. The van der Waals surface area contributed by atoms with E-state index in [0.29, 0.717) is 10.8 Å². The zero-order chi connectivity index (χ0) is 13.0. The summed E-state index contributed by atoms with van der Waals surface area (Å²) < 4.78 is 0. The topological polar surface area (TPSA) is 63.8 Å². The molecule has 0 spiro atoms. The van der Waals surface area contributed by atoms with Gasteiger partial charge in [0.1, 0.15) is 12.0 Å². The van der Waals surface area contributed by atoms with Crippen molar-refractivity contribution in [3.63, 3.8) is 0 Å². The third-order valence-corrected chi connectivity index (χ3v) is 5.56. The van der Waals surface area contributed by atoms with Crippen molar-refractivity contribution in [2.45, 2.75) is 44.1 Å². The van der Waals surface area contributed by atoms with Gasteiger partial charge >= 0.3 is 0 Å². The van der Waals surface area contributed by atoms with Gasteiger partial charge in [0.15, 0.2) is 11.0 Å². The average molecular weight is 279 g/mol. The predicted octanol–water partition coefficient (Wildman–Crippen LogP) is 3.09. The second-order valence-electron chi connectivity index (χ2n) is 6.75. The van der Waals surface area contributed by atoms with Gasteiger partial charge in [-0.2, -0.15) is 0 Å². The van der Waals surface area contributed by atoms with Crippen molar-refractivity contribution >= 4 is 23.1 Å². The summed E-state index contributed by atoms with van der Waals surface area (Å²) in [5.41, 5.74) is 6.69. The monoisotopic (exact) mass is 278 g/mol. The molecule has 19 heavy (non-hydrogen) atoms. The molecule has 4 aliphatic rings. The van der Waals surface area contributed by atoms with E-state index in [1.54, 1.807) is 0 Å². The molecule has 0 aromatic carbocycles. The Balaban J connectivity index is 1.64. The quantitative estimate of drug-likeness (QED) is 0.816. The van der Waals surface area contributed by atoms with E-state index in [4.69, 9.17) is 17.3 Å². The highest BCUT2D eigenvalue weighted by atomic mass is 35.5. The van der Waals surface area contributed by atoms with Gasteiger partial charge in [-0.15, -0.1) is 0 Å². The summed E-state index contributed by atoms with van der Waals surface area (Å²) in [6.45, 7) is 0. The number of nitrogens with one attached hydrogen (secondary N) is 1. The zero-order valence-electron chi connectivity index (χ0n) is 10.9. The van der Waals surface area contributed by atoms with Crippen molar-refractivity contribution in [1.82, 2.24) is 9.97 Å².